The minimum atomic E-state index is -3.63. The fourth-order valence-electron chi connectivity index (χ4n) is 0. The molecule has 0 rings (SSSR count). The summed E-state index contributed by atoms with van der Waals surface area (Å²) in [6.45, 7) is 0. The van der Waals surface area contributed by atoms with Crippen molar-refractivity contribution in [2.75, 3.05) is 5.88 Å². The van der Waals surface area contributed by atoms with Gasteiger partial charge in [-0.1, -0.05) is 8.25 Å². The Labute approximate surface area is 61.8 Å². The van der Waals surface area contributed by atoms with E-state index in [-0.39, 0.29) is 0 Å². The summed E-state index contributed by atoms with van der Waals surface area (Å²) >= 11 is 9.62. The molecule has 3 nitrogen and oxygen atoms in total. The van der Waals surface area contributed by atoms with Gasteiger partial charge in [0.2, 0.25) is 0 Å². The van der Waals surface area contributed by atoms with Crippen molar-refractivity contribution in [1.82, 2.24) is 0 Å². The molecule has 0 unspecified atom stereocenters. The predicted molar refractivity (Wildman–Crippen MR) is 24.5 cm³/mol. The summed E-state index contributed by atoms with van der Waals surface area (Å²) in [7, 11) is -3.63. The molecule has 0 spiro atoms. The molecule has 54 valence electrons. The molecule has 0 aliphatic heterocycles. The first-order valence-electron chi connectivity index (χ1n) is 1.59. The Kier molecular flexibility index (Phi) is 15.9. The van der Waals surface area contributed by atoms with Crippen LogP contribution in [0.15, 0.2) is 0 Å². The molecule has 0 N–H and O–H groups in total. The minimum Gasteiger partial charge on any atom is -0.813 e. The van der Waals surface area contributed by atoms with Crippen molar-refractivity contribution >= 4 is 19.9 Å². The van der Waals surface area contributed by atoms with Crippen molar-refractivity contribution in [2.24, 2.45) is 0 Å². The fraction of sp³-hybridized carbons (Fsp3) is 1.00. The molecule has 0 atom stereocenters. The van der Waals surface area contributed by atoms with E-state index in [1.165, 1.54) is 0 Å². The van der Waals surface area contributed by atoms with Crippen LogP contribution < -0.4 is 9.79 Å². The molecule has 0 aromatic carbocycles. The standard InChI is InChI=1S/C2H4Cl.Cu.H3O3P/c1-2-3;;1-4(2)3/h1-2H2;;4H,(H2,1,2,3)/q;+2;/p-2. The van der Waals surface area contributed by atoms with E-state index in [1.807, 2.05) is 0 Å². The van der Waals surface area contributed by atoms with Crippen LogP contribution in [0, 0.1) is 0 Å². The Balaban J connectivity index is 0. The number of hydrogen-bond acceptors (Lipinski definition) is 3. The molecule has 0 fully saturated rings. The van der Waals surface area contributed by atoms with E-state index in [9.17, 15) is 0 Å². The molecule has 0 bridgehead atoms. The van der Waals surface area contributed by atoms with Crippen molar-refractivity contribution in [3.8, 4) is 0 Å². The summed E-state index contributed by atoms with van der Waals surface area (Å²) in [5.41, 5.74) is 0. The molecule has 0 amide bonds. The summed E-state index contributed by atoms with van der Waals surface area (Å²) in [4.78, 5) is 17.0. The van der Waals surface area contributed by atoms with Gasteiger partial charge in [0.15, 0.2) is 0 Å². The average Bonchev–Trinajstić information content (AvgIpc) is 1.65. The SMILES string of the molecule is ClC[CH2][Cu+2].O=[PH]([O-])[O-]. The molecule has 0 aliphatic carbocycles. The second-order valence-corrected chi connectivity index (χ2v) is 1.94. The molecule has 0 aliphatic rings. The zero-order valence-electron chi connectivity index (χ0n) is 3.82. The fourth-order valence-corrected chi connectivity index (χ4v) is 0. The normalized spacial score (nSPS) is 8.25. The van der Waals surface area contributed by atoms with Gasteiger partial charge in [-0.25, -0.2) is 0 Å². The van der Waals surface area contributed by atoms with Crippen LogP contribution in [-0.4, -0.2) is 5.88 Å². The summed E-state index contributed by atoms with van der Waals surface area (Å²) in [5.74, 6) is 0.597. The van der Waals surface area contributed by atoms with E-state index in [4.69, 9.17) is 26.0 Å². The Morgan fingerprint density at radius 2 is 1.75 bits per heavy atom. The van der Waals surface area contributed by atoms with Crippen molar-refractivity contribution < 1.29 is 30.4 Å². The van der Waals surface area contributed by atoms with E-state index < -0.39 is 8.25 Å². The molecule has 0 saturated heterocycles. The van der Waals surface area contributed by atoms with Crippen molar-refractivity contribution in [3.63, 3.8) is 0 Å². The zero-order valence-corrected chi connectivity index (χ0v) is 6.52. The minimum absolute atomic E-state index is 0.597. The second-order valence-electron chi connectivity index (χ2n) is 0.590. The van der Waals surface area contributed by atoms with Crippen LogP contribution >= 0.6 is 19.9 Å². The van der Waals surface area contributed by atoms with Gasteiger partial charge in [0.25, 0.3) is 0 Å². The van der Waals surface area contributed by atoms with Crippen LogP contribution in [0.25, 0.3) is 0 Å². The Morgan fingerprint density at radius 3 is 1.75 bits per heavy atom. The zero-order chi connectivity index (χ0) is 6.99. The van der Waals surface area contributed by atoms with E-state index in [0.29, 0.717) is 11.2 Å². The van der Waals surface area contributed by atoms with Gasteiger partial charge in [-0.05, 0) is 0 Å². The number of hydrogen-bond donors (Lipinski definition) is 0. The maximum Gasteiger partial charge on any atom is -0.0813 e. The first-order chi connectivity index (χ1) is 3.65. The third-order valence-electron chi connectivity index (χ3n) is 0.0570. The molecule has 0 aromatic rings. The molecule has 6 heteroatoms. The van der Waals surface area contributed by atoms with Gasteiger partial charge in [-0.3, -0.25) is 0 Å². The van der Waals surface area contributed by atoms with Gasteiger partial charge in [0.05, 0.1) is 0 Å². The van der Waals surface area contributed by atoms with Crippen LogP contribution in [0.3, 0.4) is 0 Å². The largest absolute Gasteiger partial charge is 0.813 e. The molecule has 0 aromatic heterocycles. The Morgan fingerprint density at radius 1 is 1.62 bits per heavy atom. The maximum atomic E-state index is 8.52. The van der Waals surface area contributed by atoms with Gasteiger partial charge in [0, 0.05) is 0 Å². The van der Waals surface area contributed by atoms with Gasteiger partial charge in [-0.2, -0.15) is 0 Å². The predicted octanol–water partition coefficient (Wildman–Crippen LogP) is -0.713. The third kappa shape index (κ3) is 64.4. The molecule has 0 saturated carbocycles. The first-order valence-corrected chi connectivity index (χ1v) is 4.02. The topological polar surface area (TPSA) is 63.2 Å². The maximum absolute atomic E-state index is 8.52. The van der Waals surface area contributed by atoms with Gasteiger partial charge in [0.1, 0.15) is 0 Å². The number of alkyl halides is 1. The van der Waals surface area contributed by atoms with Crippen LogP contribution in [0.1, 0.15) is 0 Å². The number of halogens is 1. The van der Waals surface area contributed by atoms with E-state index >= 15 is 0 Å². The Hall–Kier alpha value is 0.959. The van der Waals surface area contributed by atoms with Crippen molar-refractivity contribution in [2.45, 2.75) is 5.32 Å². The van der Waals surface area contributed by atoms with E-state index in [0.717, 1.165) is 0 Å². The van der Waals surface area contributed by atoms with Crippen LogP contribution in [0.5, 0.6) is 0 Å². The monoisotopic (exact) mass is 206 g/mol. The van der Waals surface area contributed by atoms with E-state index in [2.05, 4.69) is 16.0 Å². The van der Waals surface area contributed by atoms with Gasteiger partial charge >= 0.3 is 38.8 Å². The van der Waals surface area contributed by atoms with Crippen LogP contribution in [0.2, 0.25) is 5.32 Å². The molecule has 0 radical (unpaired) electrons. The average molecular weight is 207 g/mol. The van der Waals surface area contributed by atoms with Crippen molar-refractivity contribution in [3.05, 3.63) is 0 Å². The second kappa shape index (κ2) is 10.9. The molecular weight excluding hydrogens is 202 g/mol. The van der Waals surface area contributed by atoms with Crippen LogP contribution in [-0.2, 0) is 20.6 Å². The van der Waals surface area contributed by atoms with Gasteiger partial charge in [-0.15, -0.1) is 0 Å². The molecule has 8 heavy (non-hydrogen) atoms. The summed E-state index contributed by atoms with van der Waals surface area (Å²) in [5, 5.41) is 0.647. The molecular formula is C2H5ClCuO3P. The van der Waals surface area contributed by atoms with Gasteiger partial charge < -0.3 is 14.4 Å². The first kappa shape index (κ1) is 11.7. The third-order valence-corrected chi connectivity index (χ3v) is 0.705. The smallest absolute Gasteiger partial charge is 0.0813 e. The Bertz CT molecular complexity index is 55.2. The van der Waals surface area contributed by atoms with E-state index in [1.54, 1.807) is 0 Å². The summed E-state index contributed by atoms with van der Waals surface area (Å²) in [6, 6.07) is 0. The van der Waals surface area contributed by atoms with Crippen molar-refractivity contribution in [1.29, 1.82) is 0 Å². The number of rotatable bonds is 1. The molecule has 0 heterocycles. The summed E-state index contributed by atoms with van der Waals surface area (Å²) in [6.07, 6.45) is 0. The van der Waals surface area contributed by atoms with Crippen LogP contribution in [0.4, 0.5) is 0 Å². The quantitative estimate of drug-likeness (QED) is 0.324. The summed E-state index contributed by atoms with van der Waals surface area (Å²) < 4.78 is 8.52.